The smallest absolute Gasteiger partial charge is 0.334 e. The molecule has 0 saturated carbocycles. The van der Waals surface area contributed by atoms with Crippen LogP contribution in [0.1, 0.15) is 26.7 Å². The number of thioether (sulfide) groups is 1. The van der Waals surface area contributed by atoms with Gasteiger partial charge in [-0.3, -0.25) is 4.79 Å². The number of urea groups is 1. The quantitative estimate of drug-likeness (QED) is 0.385. The number of hydrogen-bond acceptors (Lipinski definition) is 4. The molecule has 7 heteroatoms. The number of rotatable bonds is 7. The third-order valence-corrected chi connectivity index (χ3v) is 6.02. The van der Waals surface area contributed by atoms with Gasteiger partial charge in [-0.15, -0.1) is 11.8 Å². The van der Waals surface area contributed by atoms with E-state index in [2.05, 4.69) is 18.1 Å². The van der Waals surface area contributed by atoms with Crippen LogP contribution < -0.4 is 5.32 Å². The highest BCUT2D eigenvalue weighted by Gasteiger charge is 2.20. The van der Waals surface area contributed by atoms with Crippen molar-refractivity contribution in [2.45, 2.75) is 5.25 Å². The molecule has 0 aliphatic carbocycles. The van der Waals surface area contributed by atoms with Crippen LogP contribution in [0.5, 0.6) is 0 Å². The van der Waals surface area contributed by atoms with Crippen molar-refractivity contribution in [1.29, 1.82) is 0 Å². The minimum atomic E-state index is -0.578. The van der Waals surface area contributed by atoms with Crippen LogP contribution in [0.3, 0.4) is 0 Å². The Bertz CT molecular complexity index is 970. The van der Waals surface area contributed by atoms with E-state index in [0.717, 1.165) is 15.4 Å². The molecule has 1 atom stereocenters. The number of nitrogens with zero attached hydrogens (tertiary/aromatic N) is 1. The minimum Gasteiger partial charge on any atom is -0.336 e. The number of imide groups is 1. The molecule has 0 saturated heterocycles. The summed E-state index contributed by atoms with van der Waals surface area (Å²) < 4.78 is 14.1. The zero-order valence-electron chi connectivity index (χ0n) is 16.1. The highest BCUT2D eigenvalue weighted by atomic mass is 32.2. The SMILES string of the molecule is O=C(NCCSC(c1ccccc1)c1ccc(F)cc1)N(S)C(=O)c1ccccc1. The van der Waals surface area contributed by atoms with Crippen LogP contribution in [0.25, 0.3) is 0 Å². The minimum absolute atomic E-state index is 0.00163. The van der Waals surface area contributed by atoms with E-state index in [9.17, 15) is 14.0 Å². The summed E-state index contributed by atoms with van der Waals surface area (Å²) in [5.74, 6) is -0.165. The van der Waals surface area contributed by atoms with Crippen molar-refractivity contribution in [1.82, 2.24) is 9.62 Å². The van der Waals surface area contributed by atoms with Gasteiger partial charge in [0.1, 0.15) is 5.82 Å². The monoisotopic (exact) mass is 440 g/mol. The maximum Gasteiger partial charge on any atom is 0.334 e. The van der Waals surface area contributed by atoms with E-state index in [4.69, 9.17) is 0 Å². The van der Waals surface area contributed by atoms with Gasteiger partial charge in [-0.1, -0.05) is 73.5 Å². The lowest BCUT2D eigenvalue weighted by Crippen LogP contribution is -2.38. The predicted molar refractivity (Wildman–Crippen MR) is 122 cm³/mol. The fourth-order valence-corrected chi connectivity index (χ4v) is 4.20. The third-order valence-electron chi connectivity index (χ3n) is 4.34. The summed E-state index contributed by atoms with van der Waals surface area (Å²) in [6.45, 7) is 0.354. The molecule has 1 unspecified atom stereocenters. The highest BCUT2D eigenvalue weighted by Crippen LogP contribution is 2.35. The lowest BCUT2D eigenvalue weighted by Gasteiger charge is -2.19. The number of hydrogen-bond donors (Lipinski definition) is 2. The van der Waals surface area contributed by atoms with Gasteiger partial charge in [0.25, 0.3) is 5.91 Å². The van der Waals surface area contributed by atoms with Gasteiger partial charge >= 0.3 is 6.03 Å². The number of nitrogens with one attached hydrogen (secondary N) is 1. The van der Waals surface area contributed by atoms with Gasteiger partial charge in [0.2, 0.25) is 0 Å². The lowest BCUT2D eigenvalue weighted by atomic mass is 10.0. The standard InChI is InChI=1S/C23H21FN2O2S2/c24-20-13-11-18(12-14-20)21(17-7-3-1-4-8-17)30-16-15-25-23(28)26(29)22(27)19-9-5-2-6-10-19/h1-14,21,29H,15-16H2,(H,25,28). The first-order valence-electron chi connectivity index (χ1n) is 9.34. The molecular formula is C23H21FN2O2S2. The summed E-state index contributed by atoms with van der Waals surface area (Å²) >= 11 is 5.65. The molecule has 0 heterocycles. The summed E-state index contributed by atoms with van der Waals surface area (Å²) in [5.41, 5.74) is 2.46. The largest absolute Gasteiger partial charge is 0.336 e. The van der Waals surface area contributed by atoms with E-state index in [1.807, 2.05) is 30.3 Å². The summed E-state index contributed by atoms with van der Waals surface area (Å²) in [6.07, 6.45) is 0. The summed E-state index contributed by atoms with van der Waals surface area (Å²) in [7, 11) is 0. The molecule has 0 aromatic heterocycles. The first-order valence-corrected chi connectivity index (χ1v) is 10.8. The number of carbonyl (C=O) groups excluding carboxylic acids is 2. The topological polar surface area (TPSA) is 49.4 Å². The van der Waals surface area contributed by atoms with Gasteiger partial charge in [-0.25, -0.2) is 13.5 Å². The molecule has 3 aromatic rings. The van der Waals surface area contributed by atoms with Gasteiger partial charge in [0.05, 0.1) is 5.25 Å². The molecule has 0 aliphatic heterocycles. The Balaban J connectivity index is 1.57. The molecule has 4 nitrogen and oxygen atoms in total. The maximum absolute atomic E-state index is 13.3. The van der Waals surface area contributed by atoms with Crippen LogP contribution >= 0.6 is 24.6 Å². The number of carbonyl (C=O) groups is 2. The van der Waals surface area contributed by atoms with E-state index < -0.39 is 11.9 Å². The average molecular weight is 441 g/mol. The summed E-state index contributed by atoms with van der Waals surface area (Å²) in [5, 5.41) is 2.71. The molecule has 0 aliphatic rings. The highest BCUT2D eigenvalue weighted by molar-refractivity contribution is 7.99. The average Bonchev–Trinajstić information content (AvgIpc) is 2.80. The summed E-state index contributed by atoms with van der Waals surface area (Å²) in [4.78, 5) is 24.5. The zero-order chi connectivity index (χ0) is 21.3. The van der Waals surface area contributed by atoms with Crippen molar-refractivity contribution >= 4 is 36.5 Å². The predicted octanol–water partition coefficient (Wildman–Crippen LogP) is 5.35. The molecule has 0 spiro atoms. The van der Waals surface area contributed by atoms with Crippen LogP contribution in [0, 0.1) is 5.82 Å². The zero-order valence-corrected chi connectivity index (χ0v) is 17.8. The Kier molecular flexibility index (Phi) is 7.93. The van der Waals surface area contributed by atoms with Crippen molar-refractivity contribution in [2.75, 3.05) is 12.3 Å². The van der Waals surface area contributed by atoms with Crippen molar-refractivity contribution in [3.63, 3.8) is 0 Å². The molecule has 3 rings (SSSR count). The summed E-state index contributed by atoms with van der Waals surface area (Å²) in [6, 6.07) is 24.3. The number of halogens is 1. The molecule has 0 radical (unpaired) electrons. The molecule has 0 bridgehead atoms. The van der Waals surface area contributed by atoms with Gasteiger partial charge in [-0.2, -0.15) is 0 Å². The molecule has 0 fully saturated rings. The van der Waals surface area contributed by atoms with Gasteiger partial charge in [-0.05, 0) is 35.4 Å². The van der Waals surface area contributed by atoms with E-state index in [-0.39, 0.29) is 11.1 Å². The first-order chi connectivity index (χ1) is 14.6. The molecule has 30 heavy (non-hydrogen) atoms. The number of amides is 3. The van der Waals surface area contributed by atoms with Crippen LogP contribution in [0.4, 0.5) is 9.18 Å². The van der Waals surface area contributed by atoms with Crippen LogP contribution in [0.15, 0.2) is 84.9 Å². The van der Waals surface area contributed by atoms with Crippen molar-refractivity contribution in [2.24, 2.45) is 0 Å². The Hall–Kier alpha value is -2.77. The Morgan fingerprint density at radius 1 is 0.900 bits per heavy atom. The van der Waals surface area contributed by atoms with Crippen molar-refractivity contribution in [3.05, 3.63) is 107 Å². The van der Waals surface area contributed by atoms with E-state index in [0.29, 0.717) is 17.9 Å². The van der Waals surface area contributed by atoms with Crippen molar-refractivity contribution in [3.8, 4) is 0 Å². The molecule has 154 valence electrons. The molecule has 3 amide bonds. The normalized spacial score (nSPS) is 11.5. The molecule has 1 N–H and O–H groups in total. The number of thiol groups is 1. The second-order valence-electron chi connectivity index (χ2n) is 6.43. The third kappa shape index (κ3) is 5.87. The maximum atomic E-state index is 13.3. The molecular weight excluding hydrogens is 419 g/mol. The van der Waals surface area contributed by atoms with Gasteiger partial charge < -0.3 is 5.32 Å². The van der Waals surface area contributed by atoms with E-state index in [1.54, 1.807) is 54.2 Å². The Labute approximate surface area is 185 Å². The van der Waals surface area contributed by atoms with Crippen LogP contribution in [-0.4, -0.2) is 28.5 Å². The molecule has 3 aromatic carbocycles. The second-order valence-corrected chi connectivity index (χ2v) is 8.04. The van der Waals surface area contributed by atoms with Gasteiger partial charge in [0, 0.05) is 17.9 Å². The number of benzene rings is 3. The van der Waals surface area contributed by atoms with E-state index >= 15 is 0 Å². The van der Waals surface area contributed by atoms with Gasteiger partial charge in [0.15, 0.2) is 0 Å². The lowest BCUT2D eigenvalue weighted by molar-refractivity contribution is 0.0896. The van der Waals surface area contributed by atoms with Crippen molar-refractivity contribution < 1.29 is 14.0 Å². The Morgan fingerprint density at radius 3 is 2.10 bits per heavy atom. The fourth-order valence-electron chi connectivity index (χ4n) is 2.86. The van der Waals surface area contributed by atoms with Crippen LogP contribution in [-0.2, 0) is 0 Å². The first kappa shape index (κ1) is 21.9. The second kappa shape index (κ2) is 10.8. The van der Waals surface area contributed by atoms with E-state index in [1.165, 1.54) is 12.1 Å². The van der Waals surface area contributed by atoms with Crippen LogP contribution in [0.2, 0.25) is 0 Å². The Morgan fingerprint density at radius 2 is 1.47 bits per heavy atom. The fraction of sp³-hybridized carbons (Fsp3) is 0.130.